The van der Waals surface area contributed by atoms with Gasteiger partial charge in [-0.15, -0.1) is 0 Å². The van der Waals surface area contributed by atoms with E-state index in [1.807, 2.05) is 0 Å². The van der Waals surface area contributed by atoms with Crippen molar-refractivity contribution in [2.45, 2.75) is 91.0 Å². The van der Waals surface area contributed by atoms with Crippen LogP contribution < -0.4 is 4.90 Å². The molecule has 3 heteroatoms. The average Bonchev–Trinajstić information content (AvgIpc) is 2.63. The maximum Gasteiger partial charge on any atom is 0.300 e. The highest BCUT2D eigenvalue weighted by Gasteiger charge is 2.20. The Hall–Kier alpha value is -1.61. The molecule has 0 aliphatic heterocycles. The summed E-state index contributed by atoms with van der Waals surface area (Å²) >= 11 is 0. The van der Waals surface area contributed by atoms with Gasteiger partial charge in [0.25, 0.3) is 5.97 Å². The minimum atomic E-state index is -0.833. The lowest BCUT2D eigenvalue weighted by atomic mass is 9.99. The molecule has 1 aromatic carbocycles. The fourth-order valence-electron chi connectivity index (χ4n) is 3.67. The SMILES string of the molecule is C=C(C)C(c1ccccc1)[NH+](C)CCCCCCCCCCCC.CC(=O)O. The molecule has 0 aromatic heterocycles. The summed E-state index contributed by atoms with van der Waals surface area (Å²) in [7, 11) is 2.32. The molecule has 1 aromatic rings. The molecule has 0 saturated heterocycles. The first-order valence-electron chi connectivity index (χ1n) is 11.1. The molecule has 2 N–H and O–H groups in total. The lowest BCUT2D eigenvalue weighted by Crippen LogP contribution is -3.09. The van der Waals surface area contributed by atoms with Gasteiger partial charge in [-0.1, -0.05) is 95.2 Å². The van der Waals surface area contributed by atoms with Crippen molar-refractivity contribution in [3.05, 3.63) is 48.0 Å². The molecular formula is C25H44NO2+. The molecule has 0 radical (unpaired) electrons. The van der Waals surface area contributed by atoms with Crippen molar-refractivity contribution in [3.8, 4) is 0 Å². The van der Waals surface area contributed by atoms with E-state index < -0.39 is 5.97 Å². The summed E-state index contributed by atoms with van der Waals surface area (Å²) in [4.78, 5) is 10.6. The van der Waals surface area contributed by atoms with Crippen molar-refractivity contribution >= 4 is 5.97 Å². The zero-order valence-corrected chi connectivity index (χ0v) is 18.8. The van der Waals surface area contributed by atoms with E-state index in [4.69, 9.17) is 9.90 Å². The Kier molecular flexibility index (Phi) is 16.5. The number of aliphatic carboxylic acids is 1. The van der Waals surface area contributed by atoms with E-state index in [2.05, 4.69) is 57.8 Å². The Bertz CT molecular complexity index is 509. The molecule has 1 rings (SSSR count). The first kappa shape index (κ1) is 26.4. The van der Waals surface area contributed by atoms with E-state index >= 15 is 0 Å². The Labute approximate surface area is 173 Å². The summed E-state index contributed by atoms with van der Waals surface area (Å²) in [6, 6.07) is 11.3. The number of benzene rings is 1. The van der Waals surface area contributed by atoms with Gasteiger partial charge in [-0.2, -0.15) is 0 Å². The highest BCUT2D eigenvalue weighted by molar-refractivity contribution is 5.62. The summed E-state index contributed by atoms with van der Waals surface area (Å²) in [6.45, 7) is 11.0. The molecular weight excluding hydrogens is 346 g/mol. The Morgan fingerprint density at radius 1 is 0.929 bits per heavy atom. The van der Waals surface area contributed by atoms with Gasteiger partial charge in [0.2, 0.25) is 0 Å². The minimum absolute atomic E-state index is 0.435. The van der Waals surface area contributed by atoms with Crippen LogP contribution in [0.1, 0.15) is 96.6 Å². The molecule has 3 nitrogen and oxygen atoms in total. The molecule has 0 saturated carbocycles. The van der Waals surface area contributed by atoms with Gasteiger partial charge in [-0.3, -0.25) is 4.79 Å². The van der Waals surface area contributed by atoms with Crippen molar-refractivity contribution in [1.82, 2.24) is 0 Å². The van der Waals surface area contributed by atoms with Gasteiger partial charge < -0.3 is 10.0 Å². The van der Waals surface area contributed by atoms with E-state index in [1.54, 1.807) is 4.90 Å². The standard InChI is InChI=1S/C23H39N.C2H4O2/c1-5-6-7-8-9-10-11-12-13-17-20-24(4)23(21(2)3)22-18-15-14-16-19-22;1-2(3)4/h14-16,18-19,23H,2,5-13,17,20H2,1,3-4H3;1H3,(H,3,4)/p+1. The van der Waals surface area contributed by atoms with Crippen LogP contribution in [0.4, 0.5) is 0 Å². The summed E-state index contributed by atoms with van der Waals surface area (Å²) in [6.07, 6.45) is 14.1. The van der Waals surface area contributed by atoms with Crippen LogP contribution in [0.5, 0.6) is 0 Å². The lowest BCUT2D eigenvalue weighted by molar-refractivity contribution is -0.906. The molecule has 0 heterocycles. The fraction of sp³-hybridized carbons (Fsp3) is 0.640. The Morgan fingerprint density at radius 3 is 1.79 bits per heavy atom. The van der Waals surface area contributed by atoms with Gasteiger partial charge in [-0.05, 0) is 25.3 Å². The van der Waals surface area contributed by atoms with Crippen LogP contribution in [0.3, 0.4) is 0 Å². The zero-order valence-electron chi connectivity index (χ0n) is 18.8. The fourth-order valence-corrected chi connectivity index (χ4v) is 3.67. The maximum atomic E-state index is 9.00. The van der Waals surface area contributed by atoms with Gasteiger partial charge >= 0.3 is 0 Å². The van der Waals surface area contributed by atoms with Crippen LogP contribution in [0.15, 0.2) is 42.5 Å². The number of carboxylic acids is 1. The third kappa shape index (κ3) is 14.4. The van der Waals surface area contributed by atoms with Gasteiger partial charge in [0.05, 0.1) is 13.6 Å². The van der Waals surface area contributed by atoms with Gasteiger partial charge in [0, 0.05) is 12.5 Å². The normalized spacial score (nSPS) is 12.6. The zero-order chi connectivity index (χ0) is 21.2. The number of unbranched alkanes of at least 4 members (excludes halogenated alkanes) is 9. The monoisotopic (exact) mass is 390 g/mol. The van der Waals surface area contributed by atoms with E-state index in [0.717, 1.165) is 6.92 Å². The number of hydrogen-bond donors (Lipinski definition) is 2. The minimum Gasteiger partial charge on any atom is -0.481 e. The quantitative estimate of drug-likeness (QED) is 0.310. The number of likely N-dealkylation sites (N-methyl/N-ethyl adjacent to an activating group) is 1. The predicted octanol–water partition coefficient (Wildman–Crippen LogP) is 5.83. The van der Waals surface area contributed by atoms with Crippen LogP contribution in [0.2, 0.25) is 0 Å². The van der Waals surface area contributed by atoms with E-state index in [9.17, 15) is 0 Å². The predicted molar refractivity (Wildman–Crippen MR) is 121 cm³/mol. The molecule has 28 heavy (non-hydrogen) atoms. The molecule has 0 bridgehead atoms. The van der Waals surface area contributed by atoms with E-state index in [1.165, 1.54) is 81.9 Å². The van der Waals surface area contributed by atoms with E-state index in [0.29, 0.717) is 6.04 Å². The molecule has 0 aliphatic carbocycles. The van der Waals surface area contributed by atoms with Gasteiger partial charge in [0.15, 0.2) is 0 Å². The summed E-state index contributed by atoms with van der Waals surface area (Å²) in [5, 5.41) is 7.42. The summed E-state index contributed by atoms with van der Waals surface area (Å²) < 4.78 is 0. The first-order chi connectivity index (χ1) is 13.4. The number of carboxylic acid groups (broad SMARTS) is 1. The molecule has 0 spiro atoms. The van der Waals surface area contributed by atoms with Gasteiger partial charge in [-0.25, -0.2) is 0 Å². The van der Waals surface area contributed by atoms with Gasteiger partial charge in [0.1, 0.15) is 6.04 Å². The van der Waals surface area contributed by atoms with Crippen LogP contribution in [-0.4, -0.2) is 24.7 Å². The second kappa shape index (κ2) is 17.5. The maximum absolute atomic E-state index is 9.00. The third-order valence-corrected chi connectivity index (χ3v) is 5.04. The van der Waals surface area contributed by atoms with Crippen molar-refractivity contribution in [2.75, 3.05) is 13.6 Å². The highest BCUT2D eigenvalue weighted by atomic mass is 16.4. The van der Waals surface area contributed by atoms with Crippen LogP contribution >= 0.6 is 0 Å². The number of nitrogens with one attached hydrogen (secondary N) is 1. The Morgan fingerprint density at radius 2 is 1.36 bits per heavy atom. The largest absolute Gasteiger partial charge is 0.481 e. The molecule has 2 atom stereocenters. The number of rotatable bonds is 14. The average molecular weight is 391 g/mol. The number of carbonyl (C=O) groups is 1. The summed E-state index contributed by atoms with van der Waals surface area (Å²) in [5.41, 5.74) is 2.67. The third-order valence-electron chi connectivity index (χ3n) is 5.04. The Balaban J connectivity index is 0.00000165. The smallest absolute Gasteiger partial charge is 0.300 e. The van der Waals surface area contributed by atoms with Crippen molar-refractivity contribution in [2.24, 2.45) is 0 Å². The second-order valence-corrected chi connectivity index (χ2v) is 7.99. The van der Waals surface area contributed by atoms with Crippen LogP contribution in [0.25, 0.3) is 0 Å². The topological polar surface area (TPSA) is 41.7 Å². The number of hydrogen-bond acceptors (Lipinski definition) is 1. The molecule has 2 unspecified atom stereocenters. The molecule has 0 fully saturated rings. The number of quaternary nitrogens is 1. The second-order valence-electron chi connectivity index (χ2n) is 7.99. The van der Waals surface area contributed by atoms with Crippen molar-refractivity contribution in [3.63, 3.8) is 0 Å². The molecule has 160 valence electrons. The van der Waals surface area contributed by atoms with Crippen LogP contribution in [0, 0.1) is 0 Å². The first-order valence-corrected chi connectivity index (χ1v) is 11.1. The van der Waals surface area contributed by atoms with Crippen molar-refractivity contribution < 1.29 is 14.8 Å². The van der Waals surface area contributed by atoms with Crippen LogP contribution in [-0.2, 0) is 4.79 Å². The molecule has 0 amide bonds. The summed E-state index contributed by atoms with van der Waals surface area (Å²) in [5.74, 6) is -0.833. The van der Waals surface area contributed by atoms with Crippen molar-refractivity contribution in [1.29, 1.82) is 0 Å². The highest BCUT2D eigenvalue weighted by Crippen LogP contribution is 2.16. The van der Waals surface area contributed by atoms with E-state index in [-0.39, 0.29) is 0 Å². The lowest BCUT2D eigenvalue weighted by Gasteiger charge is -2.26. The molecule has 0 aliphatic rings.